The number of hydrogen-bond acceptors (Lipinski definition) is 5. The van der Waals surface area contributed by atoms with Crippen LogP contribution in [0.15, 0.2) is 29.6 Å². The summed E-state index contributed by atoms with van der Waals surface area (Å²) in [5.41, 5.74) is 2.13. The normalized spacial score (nSPS) is 18.1. The summed E-state index contributed by atoms with van der Waals surface area (Å²) in [6.07, 6.45) is 0.654. The fraction of sp³-hybridized carbons (Fsp3) is 0.312. The maximum Gasteiger partial charge on any atom is 0.233 e. The van der Waals surface area contributed by atoms with Gasteiger partial charge in [0.05, 0.1) is 5.75 Å². The molecule has 2 aromatic rings. The number of aromatic hydroxyl groups is 2. The molecule has 1 unspecified atom stereocenters. The molecule has 4 nitrogen and oxygen atoms in total. The maximum atomic E-state index is 12.2. The third-order valence-electron chi connectivity index (χ3n) is 3.78. The zero-order chi connectivity index (χ0) is 15.7. The summed E-state index contributed by atoms with van der Waals surface area (Å²) in [4.78, 5) is 15.3. The minimum atomic E-state index is -0.122. The van der Waals surface area contributed by atoms with Gasteiger partial charge in [-0.05, 0) is 48.1 Å². The molecular weight excluding hydrogens is 318 g/mol. The lowest BCUT2D eigenvalue weighted by Gasteiger charge is -2.23. The molecule has 1 fully saturated rings. The SMILES string of the molecule is Cc1ccsc1C1SCC(=O)N1CCc1ccc(O)c(O)c1. The highest BCUT2D eigenvalue weighted by atomic mass is 32.2. The third-order valence-corrected chi connectivity index (χ3v) is 6.22. The van der Waals surface area contributed by atoms with Crippen molar-refractivity contribution in [1.82, 2.24) is 4.90 Å². The van der Waals surface area contributed by atoms with Gasteiger partial charge < -0.3 is 15.1 Å². The molecule has 0 saturated carbocycles. The first-order valence-corrected chi connectivity index (χ1v) is 8.95. The van der Waals surface area contributed by atoms with E-state index in [1.807, 2.05) is 4.90 Å². The van der Waals surface area contributed by atoms with Gasteiger partial charge in [0.2, 0.25) is 5.91 Å². The molecule has 6 heteroatoms. The van der Waals surface area contributed by atoms with Crippen LogP contribution in [0, 0.1) is 6.92 Å². The van der Waals surface area contributed by atoms with E-state index in [9.17, 15) is 15.0 Å². The van der Waals surface area contributed by atoms with Crippen molar-refractivity contribution in [3.63, 3.8) is 0 Å². The Morgan fingerprint density at radius 3 is 2.77 bits per heavy atom. The Morgan fingerprint density at radius 2 is 2.09 bits per heavy atom. The monoisotopic (exact) mass is 335 g/mol. The molecule has 0 radical (unpaired) electrons. The van der Waals surface area contributed by atoms with Gasteiger partial charge in [-0.2, -0.15) is 0 Å². The second-order valence-corrected chi connectivity index (χ2v) is 7.31. The quantitative estimate of drug-likeness (QED) is 0.842. The van der Waals surface area contributed by atoms with E-state index in [0.29, 0.717) is 18.7 Å². The molecule has 1 atom stereocenters. The van der Waals surface area contributed by atoms with E-state index in [4.69, 9.17) is 0 Å². The van der Waals surface area contributed by atoms with Crippen molar-refractivity contribution in [3.8, 4) is 11.5 Å². The number of thiophene rings is 1. The van der Waals surface area contributed by atoms with E-state index >= 15 is 0 Å². The summed E-state index contributed by atoms with van der Waals surface area (Å²) in [6.45, 7) is 2.68. The first-order chi connectivity index (χ1) is 10.6. The molecular formula is C16H17NO3S2. The molecule has 2 heterocycles. The number of aryl methyl sites for hydroxylation is 1. The predicted molar refractivity (Wildman–Crippen MR) is 89.4 cm³/mol. The number of thioether (sulfide) groups is 1. The van der Waals surface area contributed by atoms with Gasteiger partial charge in [-0.15, -0.1) is 23.1 Å². The van der Waals surface area contributed by atoms with Crippen LogP contribution in [0.1, 0.15) is 21.4 Å². The van der Waals surface area contributed by atoms with Crippen molar-refractivity contribution in [3.05, 3.63) is 45.6 Å². The van der Waals surface area contributed by atoms with Gasteiger partial charge >= 0.3 is 0 Å². The lowest BCUT2D eigenvalue weighted by atomic mass is 10.1. The Hall–Kier alpha value is -1.66. The molecule has 1 saturated heterocycles. The van der Waals surface area contributed by atoms with Gasteiger partial charge in [-0.1, -0.05) is 6.07 Å². The fourth-order valence-corrected chi connectivity index (χ4v) is 5.02. The van der Waals surface area contributed by atoms with Crippen LogP contribution in [-0.2, 0) is 11.2 Å². The minimum absolute atomic E-state index is 0.0956. The summed E-state index contributed by atoms with van der Waals surface area (Å²) in [6, 6.07) is 6.88. The highest BCUT2D eigenvalue weighted by molar-refractivity contribution is 8.00. The standard InChI is InChI=1S/C16H17NO3S2/c1-10-5-7-21-15(10)16-17(14(20)9-22-16)6-4-11-2-3-12(18)13(19)8-11/h2-3,5,7-8,16,18-19H,4,6,9H2,1H3. The number of phenolic OH excluding ortho intramolecular Hbond substituents is 2. The number of benzene rings is 1. The Labute approximate surface area is 137 Å². The van der Waals surface area contributed by atoms with Crippen LogP contribution in [0.5, 0.6) is 11.5 Å². The molecule has 1 aromatic heterocycles. The van der Waals surface area contributed by atoms with Crippen LogP contribution in [0.25, 0.3) is 0 Å². The zero-order valence-electron chi connectivity index (χ0n) is 12.2. The molecule has 22 heavy (non-hydrogen) atoms. The number of amides is 1. The van der Waals surface area contributed by atoms with Crippen LogP contribution in [0.4, 0.5) is 0 Å². The number of nitrogens with zero attached hydrogens (tertiary/aromatic N) is 1. The van der Waals surface area contributed by atoms with Gasteiger partial charge in [-0.3, -0.25) is 4.79 Å². The van der Waals surface area contributed by atoms with Crippen molar-refractivity contribution in [1.29, 1.82) is 0 Å². The first kappa shape index (κ1) is 15.2. The first-order valence-electron chi connectivity index (χ1n) is 7.02. The van der Waals surface area contributed by atoms with E-state index in [0.717, 1.165) is 5.56 Å². The average molecular weight is 335 g/mol. The average Bonchev–Trinajstić information content (AvgIpc) is 3.06. The summed E-state index contributed by atoms with van der Waals surface area (Å²) < 4.78 is 0. The minimum Gasteiger partial charge on any atom is -0.504 e. The highest BCUT2D eigenvalue weighted by Gasteiger charge is 2.33. The molecule has 2 N–H and O–H groups in total. The van der Waals surface area contributed by atoms with E-state index in [2.05, 4.69) is 18.4 Å². The third kappa shape index (κ3) is 2.94. The molecule has 3 rings (SSSR count). The van der Waals surface area contributed by atoms with Crippen molar-refractivity contribution >= 4 is 29.0 Å². The van der Waals surface area contributed by atoms with Gasteiger partial charge in [0.15, 0.2) is 11.5 Å². The van der Waals surface area contributed by atoms with Gasteiger partial charge in [0.1, 0.15) is 5.37 Å². The summed E-state index contributed by atoms with van der Waals surface area (Å²) in [7, 11) is 0. The maximum absolute atomic E-state index is 12.2. The zero-order valence-corrected chi connectivity index (χ0v) is 13.8. The Bertz CT molecular complexity index is 698. The highest BCUT2D eigenvalue weighted by Crippen LogP contribution is 2.42. The van der Waals surface area contributed by atoms with E-state index < -0.39 is 0 Å². The number of carbonyl (C=O) groups is 1. The Morgan fingerprint density at radius 1 is 1.27 bits per heavy atom. The van der Waals surface area contributed by atoms with Crippen LogP contribution < -0.4 is 0 Å². The second kappa shape index (κ2) is 6.22. The topological polar surface area (TPSA) is 60.8 Å². The molecule has 1 amide bonds. The molecule has 1 aromatic carbocycles. The van der Waals surface area contributed by atoms with E-state index in [-0.39, 0.29) is 22.8 Å². The van der Waals surface area contributed by atoms with E-state index in [1.54, 1.807) is 35.2 Å². The smallest absolute Gasteiger partial charge is 0.233 e. The number of rotatable bonds is 4. The van der Waals surface area contributed by atoms with Crippen LogP contribution in [0.3, 0.4) is 0 Å². The number of carbonyl (C=O) groups excluding carboxylic acids is 1. The lowest BCUT2D eigenvalue weighted by Crippen LogP contribution is -2.30. The molecule has 0 spiro atoms. The molecule has 1 aliphatic rings. The molecule has 1 aliphatic heterocycles. The molecule has 0 aliphatic carbocycles. The van der Waals surface area contributed by atoms with Crippen molar-refractivity contribution in [2.75, 3.05) is 12.3 Å². The molecule has 116 valence electrons. The lowest BCUT2D eigenvalue weighted by molar-refractivity contribution is -0.127. The second-order valence-electron chi connectivity index (χ2n) is 5.29. The Kier molecular flexibility index (Phi) is 4.31. The summed E-state index contributed by atoms with van der Waals surface area (Å²) in [5, 5.41) is 21.1. The van der Waals surface area contributed by atoms with Crippen LogP contribution in [0.2, 0.25) is 0 Å². The van der Waals surface area contributed by atoms with Gasteiger partial charge in [0.25, 0.3) is 0 Å². The fourth-order valence-electron chi connectivity index (χ4n) is 2.52. The van der Waals surface area contributed by atoms with Gasteiger partial charge in [0, 0.05) is 11.4 Å². The van der Waals surface area contributed by atoms with E-state index in [1.165, 1.54) is 16.5 Å². The predicted octanol–water partition coefficient (Wildman–Crippen LogP) is 3.28. The molecule has 0 bridgehead atoms. The van der Waals surface area contributed by atoms with Crippen molar-refractivity contribution in [2.24, 2.45) is 0 Å². The summed E-state index contributed by atoms with van der Waals surface area (Å²) >= 11 is 3.36. The largest absolute Gasteiger partial charge is 0.504 e. The van der Waals surface area contributed by atoms with Crippen LogP contribution in [-0.4, -0.2) is 33.3 Å². The summed E-state index contributed by atoms with van der Waals surface area (Å²) in [5.74, 6) is 0.433. The number of phenols is 2. The van der Waals surface area contributed by atoms with Crippen molar-refractivity contribution < 1.29 is 15.0 Å². The number of hydrogen-bond donors (Lipinski definition) is 2. The van der Waals surface area contributed by atoms with Crippen molar-refractivity contribution in [2.45, 2.75) is 18.7 Å². The Balaban J connectivity index is 1.73. The van der Waals surface area contributed by atoms with Gasteiger partial charge in [-0.25, -0.2) is 0 Å². The van der Waals surface area contributed by atoms with Crippen LogP contribution >= 0.6 is 23.1 Å².